The summed E-state index contributed by atoms with van der Waals surface area (Å²) in [7, 11) is 0. The fourth-order valence-electron chi connectivity index (χ4n) is 4.47. The van der Waals surface area contributed by atoms with E-state index in [2.05, 4.69) is 12.2 Å². The molecule has 0 fully saturated rings. The van der Waals surface area contributed by atoms with Crippen LogP contribution in [0, 0.1) is 0 Å². The summed E-state index contributed by atoms with van der Waals surface area (Å²) in [6, 6.07) is 24.6. The summed E-state index contributed by atoms with van der Waals surface area (Å²) in [5.74, 6) is -1.28. The topological polar surface area (TPSA) is 126 Å². The summed E-state index contributed by atoms with van der Waals surface area (Å²) in [6.07, 6.45) is 4.55. The van der Waals surface area contributed by atoms with Gasteiger partial charge in [0.25, 0.3) is 0 Å². The second kappa shape index (κ2) is 19.5. The Balaban J connectivity index is 1.57. The Morgan fingerprint density at radius 3 is 1.87 bits per heavy atom. The summed E-state index contributed by atoms with van der Waals surface area (Å²) in [6.45, 7) is 3.34. The van der Waals surface area contributed by atoms with Gasteiger partial charge in [0, 0.05) is 6.42 Å². The lowest BCUT2D eigenvalue weighted by molar-refractivity contribution is -0.162. The third-order valence-corrected chi connectivity index (χ3v) is 7.01. The molecule has 0 aliphatic carbocycles. The van der Waals surface area contributed by atoms with Crippen LogP contribution >= 0.6 is 0 Å². The number of rotatable bonds is 18. The molecule has 0 aromatic heterocycles. The van der Waals surface area contributed by atoms with Gasteiger partial charge in [-0.1, -0.05) is 112 Å². The van der Waals surface area contributed by atoms with Crippen molar-refractivity contribution in [2.75, 3.05) is 13.2 Å². The largest absolute Gasteiger partial charge is 0.514 e. The van der Waals surface area contributed by atoms with Crippen molar-refractivity contribution in [1.82, 2.24) is 5.32 Å². The third-order valence-electron chi connectivity index (χ3n) is 7.01. The van der Waals surface area contributed by atoms with E-state index in [1.807, 2.05) is 48.5 Å². The van der Waals surface area contributed by atoms with Gasteiger partial charge in [-0.15, -0.1) is 0 Å². The maximum absolute atomic E-state index is 13.3. The van der Waals surface area contributed by atoms with Gasteiger partial charge in [0.2, 0.25) is 0 Å². The van der Waals surface area contributed by atoms with Crippen molar-refractivity contribution in [1.29, 1.82) is 0 Å². The predicted octanol–water partition coefficient (Wildman–Crippen LogP) is 7.08. The number of unbranched alkanes of at least 4 members (excludes halogenated alkanes) is 5. The van der Waals surface area contributed by atoms with E-state index in [0.29, 0.717) is 5.56 Å². The number of nitrogens with one attached hydrogen (secondary N) is 1. The first-order valence-corrected chi connectivity index (χ1v) is 15.6. The van der Waals surface area contributed by atoms with Crippen LogP contribution in [0.5, 0.6) is 5.75 Å². The maximum Gasteiger partial charge on any atom is 0.514 e. The van der Waals surface area contributed by atoms with E-state index in [9.17, 15) is 19.2 Å². The number of hydrogen-bond acceptors (Lipinski definition) is 9. The molecule has 0 saturated heterocycles. The van der Waals surface area contributed by atoms with Gasteiger partial charge in [0.1, 0.15) is 24.5 Å². The van der Waals surface area contributed by atoms with Crippen LogP contribution in [0.4, 0.5) is 9.59 Å². The highest BCUT2D eigenvalue weighted by molar-refractivity contribution is 5.87. The van der Waals surface area contributed by atoms with Gasteiger partial charge >= 0.3 is 24.2 Å². The molecule has 0 bridgehead atoms. The van der Waals surface area contributed by atoms with Crippen molar-refractivity contribution in [2.45, 2.75) is 77.5 Å². The van der Waals surface area contributed by atoms with Crippen molar-refractivity contribution < 1.29 is 42.9 Å². The van der Waals surface area contributed by atoms with Gasteiger partial charge in [-0.2, -0.15) is 0 Å². The van der Waals surface area contributed by atoms with Gasteiger partial charge in [0.15, 0.2) is 6.61 Å². The lowest BCUT2D eigenvalue weighted by atomic mass is 9.93. The molecule has 0 aliphatic heterocycles. The molecule has 246 valence electrons. The van der Waals surface area contributed by atoms with Crippen molar-refractivity contribution in [3.63, 3.8) is 0 Å². The minimum absolute atomic E-state index is 0.00498. The van der Waals surface area contributed by atoms with Crippen molar-refractivity contribution >= 4 is 24.2 Å². The molecule has 0 spiro atoms. The summed E-state index contributed by atoms with van der Waals surface area (Å²) in [4.78, 5) is 50.4. The highest BCUT2D eigenvalue weighted by Gasteiger charge is 2.38. The molecular weight excluding hydrogens is 590 g/mol. The first-order valence-electron chi connectivity index (χ1n) is 15.6. The lowest BCUT2D eigenvalue weighted by Crippen LogP contribution is -2.55. The molecule has 0 aliphatic rings. The predicted molar refractivity (Wildman–Crippen MR) is 171 cm³/mol. The van der Waals surface area contributed by atoms with E-state index in [0.717, 1.165) is 43.2 Å². The van der Waals surface area contributed by atoms with Crippen LogP contribution in [0.15, 0.2) is 84.9 Å². The molecule has 0 saturated carbocycles. The van der Waals surface area contributed by atoms with E-state index < -0.39 is 36.3 Å². The Morgan fingerprint density at radius 1 is 0.652 bits per heavy atom. The Kier molecular flexibility index (Phi) is 15.1. The van der Waals surface area contributed by atoms with Crippen LogP contribution in [0.1, 0.15) is 69.1 Å². The molecule has 46 heavy (non-hydrogen) atoms. The lowest BCUT2D eigenvalue weighted by Gasteiger charge is -2.28. The quantitative estimate of drug-likeness (QED) is 0.0677. The van der Waals surface area contributed by atoms with Crippen LogP contribution < -0.4 is 10.1 Å². The molecule has 1 atom stereocenters. The number of ether oxygens (including phenoxy) is 5. The fourth-order valence-corrected chi connectivity index (χ4v) is 4.47. The van der Waals surface area contributed by atoms with Crippen molar-refractivity contribution in [2.24, 2.45) is 0 Å². The Labute approximate surface area is 270 Å². The standard InChI is InChI=1S/C36H43NO9/c1-3-4-5-6-7-14-23-42-32(38)27-43-33(39)36(2,37-34(40)44-25-29-15-10-8-11-16-29)24-28-19-21-31(22-20-28)46-35(41)45-26-30-17-12-9-13-18-30/h8-13,15-22H,3-7,14,23-27H2,1-2H3,(H,37,40). The molecule has 0 radical (unpaired) electrons. The minimum Gasteiger partial charge on any atom is -0.463 e. The van der Waals surface area contributed by atoms with E-state index in [1.54, 1.807) is 24.3 Å². The first kappa shape index (κ1) is 35.6. The molecule has 3 aromatic carbocycles. The zero-order chi connectivity index (χ0) is 33.0. The zero-order valence-electron chi connectivity index (χ0n) is 26.5. The number of carbonyl (C=O) groups is 4. The normalized spacial score (nSPS) is 11.9. The van der Waals surface area contributed by atoms with Crippen molar-refractivity contribution in [3.05, 3.63) is 102 Å². The van der Waals surface area contributed by atoms with Crippen LogP contribution in [0.3, 0.4) is 0 Å². The smallest absolute Gasteiger partial charge is 0.463 e. The van der Waals surface area contributed by atoms with Gasteiger partial charge in [-0.05, 0) is 42.2 Å². The van der Waals surface area contributed by atoms with Crippen molar-refractivity contribution in [3.8, 4) is 5.75 Å². The van der Waals surface area contributed by atoms with Crippen LogP contribution in [-0.4, -0.2) is 42.9 Å². The summed E-state index contributed by atoms with van der Waals surface area (Å²) in [5, 5.41) is 2.60. The third kappa shape index (κ3) is 13.4. The summed E-state index contributed by atoms with van der Waals surface area (Å²) in [5.41, 5.74) is 0.595. The number of esters is 2. The molecule has 10 nitrogen and oxygen atoms in total. The number of carbonyl (C=O) groups excluding carboxylic acids is 4. The minimum atomic E-state index is -1.61. The number of hydrogen-bond donors (Lipinski definition) is 1. The second-order valence-electron chi connectivity index (χ2n) is 11.0. The second-order valence-corrected chi connectivity index (χ2v) is 11.0. The van der Waals surface area contributed by atoms with E-state index in [-0.39, 0.29) is 32.0 Å². The molecule has 3 aromatic rings. The van der Waals surface area contributed by atoms with E-state index >= 15 is 0 Å². The van der Waals surface area contributed by atoms with E-state index in [1.165, 1.54) is 25.5 Å². The first-order chi connectivity index (χ1) is 22.3. The highest BCUT2D eigenvalue weighted by Crippen LogP contribution is 2.20. The fraction of sp³-hybridized carbons (Fsp3) is 0.389. The van der Waals surface area contributed by atoms with E-state index in [4.69, 9.17) is 23.7 Å². The maximum atomic E-state index is 13.3. The molecule has 1 N–H and O–H groups in total. The Morgan fingerprint density at radius 2 is 1.24 bits per heavy atom. The number of amides is 1. The Bertz CT molecular complexity index is 1360. The zero-order valence-corrected chi connectivity index (χ0v) is 26.5. The molecule has 1 amide bonds. The van der Waals surface area contributed by atoms with Crippen LogP contribution in [0.25, 0.3) is 0 Å². The molecule has 3 rings (SSSR count). The highest BCUT2D eigenvalue weighted by atomic mass is 16.7. The Hall–Kier alpha value is -4.86. The van der Waals surface area contributed by atoms with Crippen LogP contribution in [-0.2, 0) is 48.2 Å². The molecule has 1 unspecified atom stereocenters. The molecular formula is C36H43NO9. The average molecular weight is 634 g/mol. The number of alkyl carbamates (subject to hydrolysis) is 1. The molecule has 10 heteroatoms. The summed E-state index contributed by atoms with van der Waals surface area (Å²) >= 11 is 0. The van der Waals surface area contributed by atoms with Gasteiger partial charge in [-0.25, -0.2) is 19.2 Å². The average Bonchev–Trinajstić information content (AvgIpc) is 3.06. The van der Waals surface area contributed by atoms with Gasteiger partial charge in [0.05, 0.1) is 6.61 Å². The molecule has 0 heterocycles. The monoisotopic (exact) mass is 633 g/mol. The SMILES string of the molecule is CCCCCCCCOC(=O)COC(=O)C(C)(Cc1ccc(OC(=O)OCc2ccccc2)cc1)NC(=O)OCc1ccccc1. The summed E-state index contributed by atoms with van der Waals surface area (Å²) < 4.78 is 26.2. The number of benzene rings is 3. The van der Waals surface area contributed by atoms with Crippen LogP contribution in [0.2, 0.25) is 0 Å². The van der Waals surface area contributed by atoms with Gasteiger partial charge in [-0.3, -0.25) is 0 Å². The van der Waals surface area contributed by atoms with Gasteiger partial charge < -0.3 is 29.0 Å².